The van der Waals surface area contributed by atoms with Gasteiger partial charge in [-0.3, -0.25) is 14.6 Å². The fraction of sp³-hybridized carbons (Fsp3) is 0.353. The average Bonchev–Trinajstić information content (AvgIpc) is 3.13. The van der Waals surface area contributed by atoms with Crippen LogP contribution >= 0.6 is 24.0 Å². The van der Waals surface area contributed by atoms with Gasteiger partial charge in [-0.15, -0.1) is 11.3 Å². The van der Waals surface area contributed by atoms with Crippen LogP contribution in [-0.2, 0) is 16.0 Å². The third kappa shape index (κ3) is 8.84. The SMILES string of the molecule is C[C@H](Nc1cccs1)C(=O)O.O=C(O)[C@H](CS)NCCc1ccncc1. The molecule has 0 aliphatic heterocycles. The molecule has 0 fully saturated rings. The maximum Gasteiger partial charge on any atom is 0.325 e. The number of nitrogens with zero attached hydrogens (tertiary/aromatic N) is 1. The molecule has 26 heavy (non-hydrogen) atoms. The van der Waals surface area contributed by atoms with Crippen molar-refractivity contribution in [2.24, 2.45) is 0 Å². The summed E-state index contributed by atoms with van der Waals surface area (Å²) in [4.78, 5) is 24.9. The molecule has 9 heteroatoms. The van der Waals surface area contributed by atoms with E-state index in [1.165, 1.54) is 11.3 Å². The van der Waals surface area contributed by atoms with Crippen LogP contribution < -0.4 is 10.6 Å². The van der Waals surface area contributed by atoms with Gasteiger partial charge in [0.1, 0.15) is 12.1 Å². The van der Waals surface area contributed by atoms with Gasteiger partial charge in [0.2, 0.25) is 0 Å². The van der Waals surface area contributed by atoms with Gasteiger partial charge in [0, 0.05) is 18.1 Å². The maximum atomic E-state index is 10.7. The van der Waals surface area contributed by atoms with Crippen molar-refractivity contribution in [1.29, 1.82) is 0 Å². The minimum atomic E-state index is -0.861. The Morgan fingerprint density at radius 3 is 2.42 bits per heavy atom. The zero-order chi connectivity index (χ0) is 19.4. The highest BCUT2D eigenvalue weighted by atomic mass is 32.1. The van der Waals surface area contributed by atoms with Crippen LogP contribution in [0.25, 0.3) is 0 Å². The van der Waals surface area contributed by atoms with E-state index >= 15 is 0 Å². The molecule has 7 nitrogen and oxygen atoms in total. The van der Waals surface area contributed by atoms with Gasteiger partial charge in [-0.2, -0.15) is 12.6 Å². The van der Waals surface area contributed by atoms with Crippen molar-refractivity contribution in [1.82, 2.24) is 10.3 Å². The lowest BCUT2D eigenvalue weighted by atomic mass is 10.2. The number of aliphatic carboxylic acids is 2. The van der Waals surface area contributed by atoms with Crippen molar-refractivity contribution in [3.05, 3.63) is 47.6 Å². The monoisotopic (exact) mass is 397 g/mol. The fourth-order valence-corrected chi connectivity index (χ4v) is 2.80. The molecule has 0 aromatic carbocycles. The number of carbonyl (C=O) groups is 2. The van der Waals surface area contributed by atoms with Crippen molar-refractivity contribution in [3.63, 3.8) is 0 Å². The first kappa shape index (κ1) is 21.9. The number of rotatable bonds is 9. The number of carboxylic acids is 2. The molecule has 142 valence electrons. The van der Waals surface area contributed by atoms with Crippen LogP contribution in [0.5, 0.6) is 0 Å². The quantitative estimate of drug-likeness (QED) is 0.413. The number of hydrogen-bond donors (Lipinski definition) is 5. The van der Waals surface area contributed by atoms with Crippen molar-refractivity contribution >= 4 is 40.9 Å². The molecule has 0 saturated carbocycles. The summed E-state index contributed by atoms with van der Waals surface area (Å²) in [6, 6.07) is 6.46. The summed E-state index contributed by atoms with van der Waals surface area (Å²) in [7, 11) is 0. The predicted octanol–water partition coefficient (Wildman–Crippen LogP) is 2.23. The first-order valence-electron chi connectivity index (χ1n) is 7.92. The summed E-state index contributed by atoms with van der Waals surface area (Å²) in [6.45, 7) is 2.24. The number of nitrogens with one attached hydrogen (secondary N) is 2. The second kappa shape index (κ2) is 12.3. The number of hydrogen-bond acceptors (Lipinski definition) is 7. The fourth-order valence-electron chi connectivity index (χ4n) is 1.81. The largest absolute Gasteiger partial charge is 0.480 e. The molecule has 0 radical (unpaired) electrons. The Kier molecular flexibility index (Phi) is 10.4. The topological polar surface area (TPSA) is 112 Å². The van der Waals surface area contributed by atoms with Crippen LogP contribution in [0, 0.1) is 0 Å². The standard InChI is InChI=1S/C10H14N2O2S.C7H9NO2S/c13-10(14)9(7-15)12-6-3-8-1-4-11-5-2-8;1-5(7(9)10)8-6-3-2-4-11-6/h1-2,4-5,9,12,15H,3,6-7H2,(H,13,14);2-5,8H,1H3,(H,9,10)/t9-;5-/m00/s1. The third-order valence-corrected chi connectivity index (χ3v) is 4.45. The lowest BCUT2D eigenvalue weighted by Gasteiger charge is -2.11. The summed E-state index contributed by atoms with van der Waals surface area (Å²) in [5, 5.41) is 25.8. The van der Waals surface area contributed by atoms with Crippen LogP contribution in [0.2, 0.25) is 0 Å². The van der Waals surface area contributed by atoms with Gasteiger partial charge in [-0.25, -0.2) is 0 Å². The van der Waals surface area contributed by atoms with Gasteiger partial charge >= 0.3 is 11.9 Å². The maximum absolute atomic E-state index is 10.7. The molecule has 0 aliphatic carbocycles. The van der Waals surface area contributed by atoms with E-state index in [2.05, 4.69) is 28.2 Å². The first-order chi connectivity index (χ1) is 12.4. The number of carboxylic acid groups (broad SMARTS) is 2. The molecule has 0 spiro atoms. The van der Waals surface area contributed by atoms with Gasteiger partial charge in [0.25, 0.3) is 0 Å². The van der Waals surface area contributed by atoms with E-state index in [-0.39, 0.29) is 0 Å². The lowest BCUT2D eigenvalue weighted by molar-refractivity contribution is -0.139. The molecule has 0 amide bonds. The minimum Gasteiger partial charge on any atom is -0.480 e. The number of thiophene rings is 1. The number of aromatic nitrogens is 1. The van der Waals surface area contributed by atoms with Gasteiger partial charge in [-0.05, 0) is 55.1 Å². The normalized spacial score (nSPS) is 12.4. The summed E-state index contributed by atoms with van der Waals surface area (Å²) in [5.74, 6) is -1.40. The number of anilines is 1. The van der Waals surface area contributed by atoms with E-state index in [1.54, 1.807) is 19.3 Å². The molecule has 2 aromatic rings. The van der Waals surface area contributed by atoms with E-state index in [0.29, 0.717) is 12.3 Å². The second-order valence-corrected chi connectivity index (χ2v) is 6.63. The van der Waals surface area contributed by atoms with Gasteiger partial charge < -0.3 is 20.8 Å². The zero-order valence-corrected chi connectivity index (χ0v) is 16.0. The van der Waals surface area contributed by atoms with Crippen LogP contribution in [0.4, 0.5) is 5.00 Å². The predicted molar refractivity (Wildman–Crippen MR) is 106 cm³/mol. The van der Waals surface area contributed by atoms with Crippen LogP contribution in [-0.4, -0.2) is 51.5 Å². The van der Waals surface area contributed by atoms with Crippen molar-refractivity contribution < 1.29 is 19.8 Å². The lowest BCUT2D eigenvalue weighted by Crippen LogP contribution is -2.39. The second-order valence-electron chi connectivity index (χ2n) is 5.31. The molecule has 2 heterocycles. The summed E-state index contributed by atoms with van der Waals surface area (Å²) in [6.07, 6.45) is 4.24. The Labute approximate surface area is 161 Å². The summed E-state index contributed by atoms with van der Waals surface area (Å²) in [5.41, 5.74) is 1.14. The van der Waals surface area contributed by atoms with E-state index in [9.17, 15) is 9.59 Å². The Balaban J connectivity index is 0.000000273. The van der Waals surface area contributed by atoms with Crippen LogP contribution in [0.1, 0.15) is 12.5 Å². The molecule has 2 rings (SSSR count). The molecule has 0 unspecified atom stereocenters. The van der Waals surface area contributed by atoms with Crippen molar-refractivity contribution in [2.75, 3.05) is 17.6 Å². The smallest absolute Gasteiger partial charge is 0.325 e. The van der Waals surface area contributed by atoms with Gasteiger partial charge in [-0.1, -0.05) is 0 Å². The van der Waals surface area contributed by atoms with Crippen LogP contribution in [0.15, 0.2) is 42.0 Å². The van der Waals surface area contributed by atoms with Crippen molar-refractivity contribution in [2.45, 2.75) is 25.4 Å². The van der Waals surface area contributed by atoms with Crippen molar-refractivity contribution in [3.8, 4) is 0 Å². The number of thiol groups is 1. The van der Waals surface area contributed by atoms with Gasteiger partial charge in [0.05, 0.1) is 5.00 Å². The summed E-state index contributed by atoms with van der Waals surface area (Å²) < 4.78 is 0. The Hall–Kier alpha value is -2.10. The van der Waals surface area contributed by atoms with E-state index < -0.39 is 24.0 Å². The highest BCUT2D eigenvalue weighted by Gasteiger charge is 2.13. The first-order valence-corrected chi connectivity index (χ1v) is 9.44. The molecular formula is C17H23N3O4S2. The molecule has 0 bridgehead atoms. The molecule has 4 N–H and O–H groups in total. The summed E-state index contributed by atoms with van der Waals surface area (Å²) >= 11 is 5.46. The average molecular weight is 398 g/mol. The molecule has 2 atom stereocenters. The minimum absolute atomic E-state index is 0.297. The molecule has 0 aliphatic rings. The van der Waals surface area contributed by atoms with E-state index in [4.69, 9.17) is 10.2 Å². The molecule has 0 saturated heterocycles. The molecule has 2 aromatic heterocycles. The van der Waals surface area contributed by atoms with Crippen LogP contribution in [0.3, 0.4) is 0 Å². The highest BCUT2D eigenvalue weighted by Crippen LogP contribution is 2.15. The zero-order valence-electron chi connectivity index (χ0n) is 14.3. The van der Waals surface area contributed by atoms with E-state index in [0.717, 1.165) is 17.0 Å². The number of pyridine rings is 1. The Morgan fingerprint density at radius 1 is 1.23 bits per heavy atom. The Morgan fingerprint density at radius 2 is 1.92 bits per heavy atom. The van der Waals surface area contributed by atoms with Gasteiger partial charge in [0.15, 0.2) is 0 Å². The highest BCUT2D eigenvalue weighted by molar-refractivity contribution is 7.80. The third-order valence-electron chi connectivity index (χ3n) is 3.28. The molecular weight excluding hydrogens is 374 g/mol. The Bertz CT molecular complexity index is 653. The van der Waals surface area contributed by atoms with E-state index in [1.807, 2.05) is 29.6 Å².